The zero-order valence-electron chi connectivity index (χ0n) is 9.57. The molecule has 0 aromatic carbocycles. The molecule has 2 rings (SSSR count). The lowest BCUT2D eigenvalue weighted by molar-refractivity contribution is 0.171. The smallest absolute Gasteiger partial charge is 0.230 e. The van der Waals surface area contributed by atoms with Crippen LogP contribution in [0, 0.1) is 11.8 Å². The van der Waals surface area contributed by atoms with Crippen LogP contribution < -0.4 is 0 Å². The molecule has 2 heterocycles. The van der Waals surface area contributed by atoms with Crippen molar-refractivity contribution in [3.63, 3.8) is 0 Å². The molecule has 0 aromatic heterocycles. The van der Waals surface area contributed by atoms with E-state index in [2.05, 4.69) is 21.9 Å². The van der Waals surface area contributed by atoms with Gasteiger partial charge in [-0.2, -0.15) is 0 Å². The average molecular weight is 222 g/mol. The van der Waals surface area contributed by atoms with Crippen molar-refractivity contribution in [2.24, 2.45) is 5.16 Å². The minimum absolute atomic E-state index is 0.427. The van der Waals surface area contributed by atoms with E-state index in [-0.39, 0.29) is 0 Å². The third kappa shape index (κ3) is 3.74. The summed E-state index contributed by atoms with van der Waals surface area (Å²) in [6.07, 6.45) is 4.76. The second-order valence-electron chi connectivity index (χ2n) is 4.05. The molecule has 0 unspecified atom stereocenters. The van der Waals surface area contributed by atoms with Crippen LogP contribution in [0.2, 0.25) is 0 Å². The number of oxime groups is 1. The highest BCUT2D eigenvalue weighted by atomic mass is 16.7. The molecule has 0 spiro atoms. The molecule has 0 radical (unpaired) electrons. The maximum Gasteiger partial charge on any atom is 0.230 e. The molecule has 1 saturated heterocycles. The average Bonchev–Trinajstić information content (AvgIpc) is 2.83. The predicted molar refractivity (Wildman–Crippen MR) is 62.0 cm³/mol. The number of rotatable bonds is 2. The van der Waals surface area contributed by atoms with E-state index < -0.39 is 0 Å². The lowest BCUT2D eigenvalue weighted by atomic mass is 10.1. The standard InChI is InChI=1S/C12H18N2O2/c1-2-7-14(8-3-1)9-4-5-10-15-12-6-11-16-13-12/h1-3,6-11H2. The van der Waals surface area contributed by atoms with E-state index in [1.807, 2.05) is 0 Å². The first-order valence-corrected chi connectivity index (χ1v) is 5.95. The van der Waals surface area contributed by atoms with E-state index >= 15 is 0 Å². The molecule has 0 atom stereocenters. The minimum atomic E-state index is 0.427. The molecule has 0 saturated carbocycles. The van der Waals surface area contributed by atoms with E-state index in [1.54, 1.807) is 0 Å². The molecular weight excluding hydrogens is 204 g/mol. The Hall–Kier alpha value is -1.21. The van der Waals surface area contributed by atoms with Crippen LogP contribution in [0.5, 0.6) is 0 Å². The number of nitrogens with zero attached hydrogens (tertiary/aromatic N) is 2. The first-order valence-electron chi connectivity index (χ1n) is 5.95. The molecular formula is C12H18N2O2. The molecule has 0 aromatic rings. The molecule has 2 aliphatic heterocycles. The predicted octanol–water partition coefficient (Wildman–Crippen LogP) is 1.23. The van der Waals surface area contributed by atoms with Gasteiger partial charge in [0.25, 0.3) is 0 Å². The van der Waals surface area contributed by atoms with Crippen molar-refractivity contribution in [3.8, 4) is 11.8 Å². The Morgan fingerprint density at radius 2 is 2.12 bits per heavy atom. The number of hydrogen-bond donors (Lipinski definition) is 0. The second kappa shape index (κ2) is 6.39. The first-order chi connectivity index (χ1) is 7.95. The fraction of sp³-hybridized carbons (Fsp3) is 0.750. The van der Waals surface area contributed by atoms with Gasteiger partial charge in [-0.1, -0.05) is 23.4 Å². The van der Waals surface area contributed by atoms with E-state index in [0.717, 1.165) is 13.0 Å². The van der Waals surface area contributed by atoms with Crippen molar-refractivity contribution in [2.75, 3.05) is 32.8 Å². The van der Waals surface area contributed by atoms with Gasteiger partial charge in [-0.3, -0.25) is 4.90 Å². The molecule has 88 valence electrons. The Morgan fingerprint density at radius 3 is 2.88 bits per heavy atom. The van der Waals surface area contributed by atoms with E-state index in [0.29, 0.717) is 19.1 Å². The Morgan fingerprint density at radius 1 is 1.25 bits per heavy atom. The molecule has 4 heteroatoms. The van der Waals surface area contributed by atoms with Gasteiger partial charge in [0, 0.05) is 0 Å². The quantitative estimate of drug-likeness (QED) is 0.659. The Balaban J connectivity index is 1.58. The van der Waals surface area contributed by atoms with Crippen molar-refractivity contribution in [1.82, 2.24) is 4.90 Å². The summed E-state index contributed by atoms with van der Waals surface area (Å²) >= 11 is 0. The van der Waals surface area contributed by atoms with Gasteiger partial charge < -0.3 is 9.57 Å². The summed E-state index contributed by atoms with van der Waals surface area (Å²) in [6, 6.07) is 0. The van der Waals surface area contributed by atoms with Gasteiger partial charge in [-0.15, -0.1) is 0 Å². The Labute approximate surface area is 96.6 Å². The van der Waals surface area contributed by atoms with Crippen LogP contribution in [0.3, 0.4) is 0 Å². The second-order valence-corrected chi connectivity index (χ2v) is 4.05. The molecule has 0 aliphatic carbocycles. The summed E-state index contributed by atoms with van der Waals surface area (Å²) < 4.78 is 5.33. The highest BCUT2D eigenvalue weighted by Crippen LogP contribution is 2.07. The van der Waals surface area contributed by atoms with Gasteiger partial charge >= 0.3 is 0 Å². The number of likely N-dealkylation sites (tertiary alicyclic amines) is 1. The fourth-order valence-electron chi connectivity index (χ4n) is 1.85. The largest absolute Gasteiger partial charge is 0.465 e. The van der Waals surface area contributed by atoms with Crippen molar-refractivity contribution >= 4 is 5.90 Å². The summed E-state index contributed by atoms with van der Waals surface area (Å²) in [5.41, 5.74) is 0. The van der Waals surface area contributed by atoms with Crippen LogP contribution in [-0.2, 0) is 9.57 Å². The summed E-state index contributed by atoms with van der Waals surface area (Å²) in [5, 5.41) is 3.74. The third-order valence-corrected chi connectivity index (χ3v) is 2.76. The summed E-state index contributed by atoms with van der Waals surface area (Å²) in [7, 11) is 0. The zero-order chi connectivity index (χ0) is 11.1. The van der Waals surface area contributed by atoms with Crippen LogP contribution in [0.25, 0.3) is 0 Å². The normalized spacial score (nSPS) is 20.6. The van der Waals surface area contributed by atoms with Crippen LogP contribution in [0.4, 0.5) is 0 Å². The van der Waals surface area contributed by atoms with Crippen LogP contribution >= 0.6 is 0 Å². The lowest BCUT2D eigenvalue weighted by Crippen LogP contribution is -2.29. The summed E-state index contributed by atoms with van der Waals surface area (Å²) in [6.45, 7) is 4.31. The molecule has 1 fully saturated rings. The van der Waals surface area contributed by atoms with E-state index in [9.17, 15) is 0 Å². The summed E-state index contributed by atoms with van der Waals surface area (Å²) in [4.78, 5) is 7.21. The first kappa shape index (κ1) is 11.3. The SMILES string of the molecule is C(#CCN1CCCCC1)COC1=NOCC1. The van der Waals surface area contributed by atoms with Crippen molar-refractivity contribution < 1.29 is 9.57 Å². The van der Waals surface area contributed by atoms with Gasteiger partial charge in [0.05, 0.1) is 13.0 Å². The van der Waals surface area contributed by atoms with E-state index in [4.69, 9.17) is 9.57 Å². The monoisotopic (exact) mass is 222 g/mol. The minimum Gasteiger partial charge on any atom is -0.465 e. The van der Waals surface area contributed by atoms with Crippen molar-refractivity contribution in [1.29, 1.82) is 0 Å². The van der Waals surface area contributed by atoms with Gasteiger partial charge in [-0.05, 0) is 25.9 Å². The Bertz CT molecular complexity index is 298. The maximum atomic E-state index is 5.33. The summed E-state index contributed by atoms with van der Waals surface area (Å²) in [5.74, 6) is 6.82. The molecule has 4 nitrogen and oxygen atoms in total. The third-order valence-electron chi connectivity index (χ3n) is 2.76. The number of piperidine rings is 1. The van der Waals surface area contributed by atoms with Crippen LogP contribution in [0.15, 0.2) is 5.16 Å². The van der Waals surface area contributed by atoms with Gasteiger partial charge in [0.1, 0.15) is 6.61 Å². The molecule has 2 aliphatic rings. The highest BCUT2D eigenvalue weighted by Gasteiger charge is 2.08. The molecule has 0 N–H and O–H groups in total. The molecule has 0 bridgehead atoms. The van der Waals surface area contributed by atoms with Gasteiger partial charge in [-0.25, -0.2) is 0 Å². The van der Waals surface area contributed by atoms with Gasteiger partial charge in [0.2, 0.25) is 5.90 Å². The maximum absolute atomic E-state index is 5.33. The molecule has 0 amide bonds. The van der Waals surface area contributed by atoms with Crippen LogP contribution in [-0.4, -0.2) is 43.6 Å². The topological polar surface area (TPSA) is 34.1 Å². The van der Waals surface area contributed by atoms with Crippen molar-refractivity contribution in [3.05, 3.63) is 0 Å². The van der Waals surface area contributed by atoms with Crippen LogP contribution in [0.1, 0.15) is 25.7 Å². The number of ether oxygens (including phenoxy) is 1. The van der Waals surface area contributed by atoms with Gasteiger partial charge in [0.15, 0.2) is 6.61 Å². The zero-order valence-corrected chi connectivity index (χ0v) is 9.57. The Kier molecular flexibility index (Phi) is 4.50. The number of hydrogen-bond acceptors (Lipinski definition) is 4. The lowest BCUT2D eigenvalue weighted by Gasteiger charge is -2.23. The van der Waals surface area contributed by atoms with Crippen molar-refractivity contribution in [2.45, 2.75) is 25.7 Å². The molecule has 16 heavy (non-hydrogen) atoms. The van der Waals surface area contributed by atoms with E-state index in [1.165, 1.54) is 32.4 Å². The highest BCUT2D eigenvalue weighted by molar-refractivity contribution is 5.76. The fourth-order valence-corrected chi connectivity index (χ4v) is 1.85.